The number of hydrogen-bond donors (Lipinski definition) is 3. The van der Waals surface area contributed by atoms with Crippen molar-refractivity contribution in [3.63, 3.8) is 0 Å². The summed E-state index contributed by atoms with van der Waals surface area (Å²) >= 11 is 0. The highest BCUT2D eigenvalue weighted by atomic mass is 16.3. The van der Waals surface area contributed by atoms with Gasteiger partial charge in [0.25, 0.3) is 5.91 Å². The van der Waals surface area contributed by atoms with Gasteiger partial charge in [-0.1, -0.05) is 60.7 Å². The zero-order valence-corrected chi connectivity index (χ0v) is 15.7. The van der Waals surface area contributed by atoms with Crippen LogP contribution >= 0.6 is 0 Å². The quantitative estimate of drug-likeness (QED) is 0.590. The van der Waals surface area contributed by atoms with E-state index in [1.54, 1.807) is 13.2 Å². The van der Waals surface area contributed by atoms with Crippen LogP contribution in [0.15, 0.2) is 83.5 Å². The van der Waals surface area contributed by atoms with Crippen molar-refractivity contribution < 1.29 is 19.3 Å². The van der Waals surface area contributed by atoms with E-state index in [9.17, 15) is 9.59 Å². The van der Waals surface area contributed by atoms with Gasteiger partial charge in [0.05, 0.1) is 6.26 Å². The van der Waals surface area contributed by atoms with Crippen molar-refractivity contribution in [1.82, 2.24) is 10.6 Å². The summed E-state index contributed by atoms with van der Waals surface area (Å²) in [5.41, 5.74) is 1.81. The lowest BCUT2D eigenvalue weighted by molar-refractivity contribution is -0.715. The van der Waals surface area contributed by atoms with Crippen molar-refractivity contribution in [2.24, 2.45) is 0 Å². The van der Waals surface area contributed by atoms with Crippen LogP contribution in [-0.4, -0.2) is 18.5 Å². The molecule has 0 fully saturated rings. The normalized spacial score (nSPS) is 12.8. The number of quaternary nitrogens is 1. The number of carbonyl (C=O) groups is 2. The molecular weight excluding hydrogens is 354 g/mol. The molecule has 1 aromatic heterocycles. The van der Waals surface area contributed by atoms with E-state index in [1.165, 1.54) is 0 Å². The Bertz CT molecular complexity index is 880. The van der Waals surface area contributed by atoms with E-state index >= 15 is 0 Å². The van der Waals surface area contributed by atoms with Crippen molar-refractivity contribution >= 4 is 11.9 Å². The Hall–Kier alpha value is -3.38. The monoisotopic (exact) mass is 378 g/mol. The summed E-state index contributed by atoms with van der Waals surface area (Å²) in [5, 5.41) is 6.94. The smallest absolute Gasteiger partial charge is 0.321 e. The lowest BCUT2D eigenvalue weighted by Crippen LogP contribution is -2.88. The number of hydrogen-bond acceptors (Lipinski definition) is 3. The number of rotatable bonds is 7. The standard InChI is InChI=1S/C22H23N3O3/c1-2-23-22(27)25-21(26)20(17-12-7-4-8-13-17)24-19(18-14-9-15-28-18)16-10-5-3-6-11-16/h3-15,19-20,24H,2H2,1H3,(H2,23,25,26,27)/p+1/t19-,20+/m1/s1. The van der Waals surface area contributed by atoms with Crippen LogP contribution in [0.5, 0.6) is 0 Å². The van der Waals surface area contributed by atoms with Gasteiger partial charge in [-0.15, -0.1) is 0 Å². The van der Waals surface area contributed by atoms with Gasteiger partial charge < -0.3 is 15.1 Å². The third-order valence-electron chi connectivity index (χ3n) is 4.41. The predicted molar refractivity (Wildman–Crippen MR) is 105 cm³/mol. The van der Waals surface area contributed by atoms with Crippen LogP contribution in [0.25, 0.3) is 0 Å². The highest BCUT2D eigenvalue weighted by molar-refractivity contribution is 5.96. The molecule has 0 saturated heterocycles. The minimum Gasteiger partial charge on any atom is -0.463 e. The lowest BCUT2D eigenvalue weighted by atomic mass is 10.00. The van der Waals surface area contributed by atoms with Crippen molar-refractivity contribution in [3.8, 4) is 0 Å². The van der Waals surface area contributed by atoms with E-state index in [0.717, 1.165) is 16.9 Å². The van der Waals surface area contributed by atoms with Crippen LogP contribution in [-0.2, 0) is 4.79 Å². The molecule has 2 aromatic carbocycles. The van der Waals surface area contributed by atoms with Gasteiger partial charge in [-0.25, -0.2) is 4.79 Å². The Labute approximate surface area is 164 Å². The van der Waals surface area contributed by atoms with Crippen molar-refractivity contribution in [3.05, 3.63) is 95.9 Å². The maximum Gasteiger partial charge on any atom is 0.321 e. The van der Waals surface area contributed by atoms with Gasteiger partial charge in [-0.3, -0.25) is 10.1 Å². The first kappa shape index (κ1) is 19.4. The Kier molecular flexibility index (Phi) is 6.59. The molecule has 144 valence electrons. The second-order valence-electron chi connectivity index (χ2n) is 6.33. The van der Waals surface area contributed by atoms with Crippen LogP contribution < -0.4 is 16.0 Å². The van der Waals surface area contributed by atoms with Crippen LogP contribution in [0.1, 0.15) is 35.9 Å². The number of urea groups is 1. The highest BCUT2D eigenvalue weighted by Gasteiger charge is 2.32. The van der Waals surface area contributed by atoms with E-state index in [0.29, 0.717) is 6.54 Å². The number of nitrogens with one attached hydrogen (secondary N) is 2. The Morgan fingerprint density at radius 1 is 0.929 bits per heavy atom. The lowest BCUT2D eigenvalue weighted by Gasteiger charge is -2.21. The predicted octanol–water partition coefficient (Wildman–Crippen LogP) is 2.52. The number of nitrogens with two attached hydrogens (primary N) is 1. The molecule has 3 amide bonds. The van der Waals surface area contributed by atoms with Gasteiger partial charge >= 0.3 is 6.03 Å². The maximum atomic E-state index is 12.9. The molecule has 3 rings (SSSR count). The van der Waals surface area contributed by atoms with E-state index in [4.69, 9.17) is 4.42 Å². The molecular formula is C22H24N3O3+. The van der Waals surface area contributed by atoms with Crippen LogP contribution in [0, 0.1) is 0 Å². The summed E-state index contributed by atoms with van der Waals surface area (Å²) in [4.78, 5) is 24.8. The number of amides is 3. The molecule has 0 aliphatic carbocycles. The number of benzene rings is 2. The molecule has 2 atom stereocenters. The molecule has 0 saturated carbocycles. The average molecular weight is 378 g/mol. The van der Waals surface area contributed by atoms with E-state index in [2.05, 4.69) is 10.6 Å². The Morgan fingerprint density at radius 3 is 2.14 bits per heavy atom. The molecule has 0 bridgehead atoms. The SMILES string of the molecule is CCNC(=O)NC(=O)[C@@H]([NH2+][C@H](c1ccccc1)c1ccco1)c1ccccc1. The van der Waals surface area contributed by atoms with Gasteiger partial charge in [-0.2, -0.15) is 0 Å². The zero-order valence-electron chi connectivity index (χ0n) is 15.7. The van der Waals surface area contributed by atoms with Crippen molar-refractivity contribution in [2.45, 2.75) is 19.0 Å². The third kappa shape index (κ3) is 4.86. The fourth-order valence-corrected chi connectivity index (χ4v) is 3.10. The first-order chi connectivity index (χ1) is 13.7. The number of carbonyl (C=O) groups excluding carboxylic acids is 2. The second kappa shape index (κ2) is 9.53. The van der Waals surface area contributed by atoms with Gasteiger partial charge in [-0.05, 0) is 19.1 Å². The summed E-state index contributed by atoms with van der Waals surface area (Å²) in [6.07, 6.45) is 1.62. The fraction of sp³-hybridized carbons (Fsp3) is 0.182. The van der Waals surface area contributed by atoms with Gasteiger partial charge in [0.1, 0.15) is 0 Å². The molecule has 1 heterocycles. The first-order valence-electron chi connectivity index (χ1n) is 9.26. The molecule has 0 radical (unpaired) electrons. The summed E-state index contributed by atoms with van der Waals surface area (Å²) in [6, 6.07) is 21.6. The van der Waals surface area contributed by atoms with Crippen molar-refractivity contribution in [1.29, 1.82) is 0 Å². The third-order valence-corrected chi connectivity index (χ3v) is 4.41. The molecule has 0 aliphatic heterocycles. The summed E-state index contributed by atoms with van der Waals surface area (Å²) in [7, 11) is 0. The average Bonchev–Trinajstić information content (AvgIpc) is 3.24. The van der Waals surface area contributed by atoms with Crippen LogP contribution in [0.2, 0.25) is 0 Å². The molecule has 3 aromatic rings. The van der Waals surface area contributed by atoms with E-state index in [1.807, 2.05) is 78.1 Å². The maximum absolute atomic E-state index is 12.9. The summed E-state index contributed by atoms with van der Waals surface area (Å²) < 4.78 is 5.64. The van der Waals surface area contributed by atoms with Crippen LogP contribution in [0.4, 0.5) is 4.79 Å². The van der Waals surface area contributed by atoms with E-state index < -0.39 is 12.1 Å². The second-order valence-corrected chi connectivity index (χ2v) is 6.33. The Balaban J connectivity index is 1.92. The minimum atomic E-state index is -0.626. The molecule has 0 aliphatic rings. The Morgan fingerprint density at radius 2 is 1.57 bits per heavy atom. The highest BCUT2D eigenvalue weighted by Crippen LogP contribution is 2.21. The minimum absolute atomic E-state index is 0.235. The van der Waals surface area contributed by atoms with Crippen LogP contribution in [0.3, 0.4) is 0 Å². The molecule has 6 nitrogen and oxygen atoms in total. The number of furan rings is 1. The summed E-state index contributed by atoms with van der Waals surface area (Å²) in [6.45, 7) is 2.24. The van der Waals surface area contributed by atoms with Gasteiger partial charge in [0.2, 0.25) is 0 Å². The molecule has 4 N–H and O–H groups in total. The fourth-order valence-electron chi connectivity index (χ4n) is 3.10. The molecule has 6 heteroatoms. The molecule has 0 unspecified atom stereocenters. The van der Waals surface area contributed by atoms with Gasteiger partial charge in [0.15, 0.2) is 17.8 Å². The van der Waals surface area contributed by atoms with Crippen molar-refractivity contribution in [2.75, 3.05) is 6.54 Å². The number of imide groups is 1. The largest absolute Gasteiger partial charge is 0.463 e. The molecule has 28 heavy (non-hydrogen) atoms. The molecule has 0 spiro atoms. The van der Waals surface area contributed by atoms with E-state index in [-0.39, 0.29) is 11.9 Å². The van der Waals surface area contributed by atoms with Gasteiger partial charge in [0, 0.05) is 17.7 Å². The summed E-state index contributed by atoms with van der Waals surface area (Å²) in [5.74, 6) is 0.350. The topological polar surface area (TPSA) is 88.0 Å². The zero-order chi connectivity index (χ0) is 19.8. The first-order valence-corrected chi connectivity index (χ1v) is 9.26.